The van der Waals surface area contributed by atoms with Crippen LogP contribution in [0.25, 0.3) is 6.08 Å². The number of ether oxygens (including phenoxy) is 4. The van der Waals surface area contributed by atoms with Gasteiger partial charge in [0.2, 0.25) is 6.79 Å². The zero-order valence-corrected chi connectivity index (χ0v) is 19.4. The predicted octanol–water partition coefficient (Wildman–Crippen LogP) is 2.89. The van der Waals surface area contributed by atoms with Crippen molar-refractivity contribution in [3.05, 3.63) is 53.1 Å². The molecule has 0 aromatic heterocycles. The molecule has 1 aliphatic heterocycles. The minimum atomic E-state index is -0.510. The van der Waals surface area contributed by atoms with Gasteiger partial charge in [0.15, 0.2) is 29.6 Å². The Morgan fingerprint density at radius 2 is 1.88 bits per heavy atom. The van der Waals surface area contributed by atoms with Gasteiger partial charge in [-0.1, -0.05) is 12.1 Å². The molecule has 2 amide bonds. The molecule has 0 atom stereocenters. The normalized spacial score (nSPS) is 12.0. The molecule has 0 bridgehead atoms. The minimum Gasteiger partial charge on any atom is -0.493 e. The molecule has 9 heteroatoms. The molecular formula is C25H27N3O6. The average molecular weight is 466 g/mol. The Morgan fingerprint density at radius 3 is 2.59 bits per heavy atom. The molecule has 0 saturated heterocycles. The first-order chi connectivity index (χ1) is 16.5. The Hall–Kier alpha value is -4.19. The number of carbonyl (C=O) groups is 2. The Balaban J connectivity index is 1.65. The summed E-state index contributed by atoms with van der Waals surface area (Å²) >= 11 is 0. The number of hydrogen-bond donors (Lipinski definition) is 1. The molecule has 178 valence electrons. The monoisotopic (exact) mass is 465 g/mol. The number of likely N-dealkylation sites (N-methyl/N-ethyl adjacent to an activating group) is 1. The lowest BCUT2D eigenvalue weighted by molar-refractivity contribution is -0.133. The molecule has 1 aliphatic rings. The van der Waals surface area contributed by atoms with E-state index in [9.17, 15) is 14.9 Å². The largest absolute Gasteiger partial charge is 0.493 e. The molecule has 0 spiro atoms. The number of amides is 2. The lowest BCUT2D eigenvalue weighted by Crippen LogP contribution is -2.34. The highest BCUT2D eigenvalue weighted by atomic mass is 16.7. The van der Waals surface area contributed by atoms with Crippen LogP contribution in [-0.4, -0.2) is 50.3 Å². The summed E-state index contributed by atoms with van der Waals surface area (Å²) in [6.45, 7) is 5.30. The second kappa shape index (κ2) is 11.6. The van der Waals surface area contributed by atoms with Gasteiger partial charge in [0.25, 0.3) is 11.8 Å². The summed E-state index contributed by atoms with van der Waals surface area (Å²) in [5.74, 6) is 1.43. The summed E-state index contributed by atoms with van der Waals surface area (Å²) in [7, 11) is 1.48. The van der Waals surface area contributed by atoms with E-state index in [1.165, 1.54) is 13.2 Å². The van der Waals surface area contributed by atoms with Crippen LogP contribution in [0.5, 0.6) is 23.0 Å². The van der Waals surface area contributed by atoms with Gasteiger partial charge in [-0.25, -0.2) is 0 Å². The highest BCUT2D eigenvalue weighted by Crippen LogP contribution is 2.32. The van der Waals surface area contributed by atoms with E-state index < -0.39 is 5.91 Å². The highest BCUT2D eigenvalue weighted by molar-refractivity contribution is 6.01. The maximum Gasteiger partial charge on any atom is 0.262 e. The summed E-state index contributed by atoms with van der Waals surface area (Å²) in [5.41, 5.74) is 1.33. The first-order valence-corrected chi connectivity index (χ1v) is 10.9. The van der Waals surface area contributed by atoms with E-state index in [-0.39, 0.29) is 31.4 Å². The summed E-state index contributed by atoms with van der Waals surface area (Å²) in [5, 5.41) is 12.2. The van der Waals surface area contributed by atoms with Crippen LogP contribution in [0, 0.1) is 11.3 Å². The molecule has 0 unspecified atom stereocenters. The number of fused-ring (bicyclic) bond motifs is 1. The Kier molecular flexibility index (Phi) is 8.35. The van der Waals surface area contributed by atoms with Crippen molar-refractivity contribution in [2.45, 2.75) is 20.4 Å². The molecule has 0 saturated carbocycles. The van der Waals surface area contributed by atoms with Crippen molar-refractivity contribution < 1.29 is 28.5 Å². The smallest absolute Gasteiger partial charge is 0.262 e. The van der Waals surface area contributed by atoms with E-state index in [1.807, 2.05) is 26.0 Å². The Morgan fingerprint density at radius 1 is 1.12 bits per heavy atom. The average Bonchev–Trinajstić information content (AvgIpc) is 3.33. The quantitative estimate of drug-likeness (QED) is 0.424. The number of nitrogens with one attached hydrogen (secondary N) is 1. The van der Waals surface area contributed by atoms with Gasteiger partial charge in [-0.3, -0.25) is 9.59 Å². The summed E-state index contributed by atoms with van der Waals surface area (Å²) in [6, 6.07) is 12.3. The van der Waals surface area contributed by atoms with Gasteiger partial charge >= 0.3 is 0 Å². The van der Waals surface area contributed by atoms with E-state index in [1.54, 1.807) is 35.2 Å². The molecule has 2 aromatic carbocycles. The predicted molar refractivity (Wildman–Crippen MR) is 124 cm³/mol. The number of nitriles is 1. The van der Waals surface area contributed by atoms with Crippen molar-refractivity contribution in [3.8, 4) is 29.1 Å². The standard InChI is InChI=1S/C25H27N3O6/c1-4-28(5-2)24(29)15-32-20-8-6-17(11-22(20)31-3)10-19(13-26)25(30)27-14-18-7-9-21-23(12-18)34-16-33-21/h6-12H,4-5,14-16H2,1-3H3,(H,27,30)/b19-10+. The fourth-order valence-electron chi connectivity index (χ4n) is 3.34. The zero-order chi connectivity index (χ0) is 24.5. The molecule has 1 N–H and O–H groups in total. The third-order valence-electron chi connectivity index (χ3n) is 5.22. The molecule has 0 aliphatic carbocycles. The molecule has 0 radical (unpaired) electrons. The number of carbonyl (C=O) groups excluding carboxylic acids is 2. The number of benzene rings is 2. The Labute approximate surface area is 198 Å². The van der Waals surface area contributed by atoms with Crippen LogP contribution in [0.2, 0.25) is 0 Å². The van der Waals surface area contributed by atoms with Gasteiger partial charge in [0.05, 0.1) is 7.11 Å². The second-order valence-electron chi connectivity index (χ2n) is 7.31. The van der Waals surface area contributed by atoms with Crippen LogP contribution in [-0.2, 0) is 16.1 Å². The minimum absolute atomic E-state index is 0.0619. The van der Waals surface area contributed by atoms with Gasteiger partial charge in [0, 0.05) is 19.6 Å². The van der Waals surface area contributed by atoms with Crippen molar-refractivity contribution in [2.24, 2.45) is 0 Å². The number of nitrogens with zero attached hydrogens (tertiary/aromatic N) is 2. The van der Waals surface area contributed by atoms with Gasteiger partial charge in [-0.2, -0.15) is 5.26 Å². The molecule has 3 rings (SSSR count). The third kappa shape index (κ3) is 5.98. The summed E-state index contributed by atoms with van der Waals surface area (Å²) < 4.78 is 21.6. The SMILES string of the molecule is CCN(CC)C(=O)COc1ccc(/C=C(\C#N)C(=O)NCc2ccc3c(c2)OCO3)cc1OC. The molecule has 34 heavy (non-hydrogen) atoms. The molecule has 0 fully saturated rings. The van der Waals surface area contributed by atoms with Crippen molar-refractivity contribution in [1.29, 1.82) is 5.26 Å². The van der Waals surface area contributed by atoms with Gasteiger partial charge in [0.1, 0.15) is 11.6 Å². The van der Waals surface area contributed by atoms with E-state index in [0.717, 1.165) is 5.56 Å². The first kappa shape index (κ1) is 24.5. The number of methoxy groups -OCH3 is 1. The molecule has 2 aromatic rings. The van der Waals surface area contributed by atoms with Crippen LogP contribution >= 0.6 is 0 Å². The number of rotatable bonds is 10. The van der Waals surface area contributed by atoms with Crippen molar-refractivity contribution >= 4 is 17.9 Å². The summed E-state index contributed by atoms with van der Waals surface area (Å²) in [4.78, 5) is 26.4. The first-order valence-electron chi connectivity index (χ1n) is 10.9. The fraction of sp³-hybridized carbons (Fsp3) is 0.320. The second-order valence-corrected chi connectivity index (χ2v) is 7.31. The highest BCUT2D eigenvalue weighted by Gasteiger charge is 2.16. The van der Waals surface area contributed by atoms with E-state index in [4.69, 9.17) is 18.9 Å². The van der Waals surface area contributed by atoms with E-state index in [2.05, 4.69) is 5.32 Å². The fourth-order valence-corrected chi connectivity index (χ4v) is 3.34. The lowest BCUT2D eigenvalue weighted by Gasteiger charge is -2.19. The van der Waals surface area contributed by atoms with Crippen LogP contribution in [0.15, 0.2) is 42.0 Å². The Bertz CT molecular complexity index is 1120. The topological polar surface area (TPSA) is 110 Å². The van der Waals surface area contributed by atoms with Crippen molar-refractivity contribution in [1.82, 2.24) is 10.2 Å². The maximum absolute atomic E-state index is 12.5. The van der Waals surface area contributed by atoms with E-state index >= 15 is 0 Å². The van der Waals surface area contributed by atoms with Gasteiger partial charge < -0.3 is 29.2 Å². The molecule has 9 nitrogen and oxygen atoms in total. The van der Waals surface area contributed by atoms with Gasteiger partial charge in [-0.15, -0.1) is 0 Å². The third-order valence-corrected chi connectivity index (χ3v) is 5.22. The van der Waals surface area contributed by atoms with Crippen LogP contribution < -0.4 is 24.3 Å². The van der Waals surface area contributed by atoms with Gasteiger partial charge in [-0.05, 0) is 55.3 Å². The van der Waals surface area contributed by atoms with E-state index in [0.29, 0.717) is 41.7 Å². The lowest BCUT2D eigenvalue weighted by atomic mass is 10.1. The molecule has 1 heterocycles. The zero-order valence-electron chi connectivity index (χ0n) is 19.4. The van der Waals surface area contributed by atoms with Crippen LogP contribution in [0.4, 0.5) is 0 Å². The molecular weight excluding hydrogens is 438 g/mol. The number of hydrogen-bond acceptors (Lipinski definition) is 7. The van der Waals surface area contributed by atoms with Crippen LogP contribution in [0.3, 0.4) is 0 Å². The summed E-state index contributed by atoms with van der Waals surface area (Å²) in [6.07, 6.45) is 1.46. The van der Waals surface area contributed by atoms with Crippen molar-refractivity contribution in [2.75, 3.05) is 33.6 Å². The van der Waals surface area contributed by atoms with Crippen LogP contribution in [0.1, 0.15) is 25.0 Å². The maximum atomic E-state index is 12.5. The van der Waals surface area contributed by atoms with Crippen molar-refractivity contribution in [3.63, 3.8) is 0 Å².